The van der Waals surface area contributed by atoms with E-state index in [4.69, 9.17) is 20.6 Å². The first kappa shape index (κ1) is 17.0. The van der Waals surface area contributed by atoms with Gasteiger partial charge >= 0.3 is 0 Å². The maximum absolute atomic E-state index is 5.86. The lowest BCUT2D eigenvalue weighted by atomic mass is 10.0. The summed E-state index contributed by atoms with van der Waals surface area (Å²) in [6, 6.07) is 0. The van der Waals surface area contributed by atoms with Crippen LogP contribution < -0.4 is 9.47 Å². The Hall–Kier alpha value is -2.46. The maximum atomic E-state index is 5.86. The highest BCUT2D eigenvalue weighted by molar-refractivity contribution is 5.26. The van der Waals surface area contributed by atoms with Gasteiger partial charge in [0.15, 0.2) is 0 Å². The molecule has 2 atom stereocenters. The number of fused-ring (bicyclic) bond motifs is 2. The van der Waals surface area contributed by atoms with Gasteiger partial charge in [0, 0.05) is 17.0 Å². The van der Waals surface area contributed by atoms with E-state index in [-0.39, 0.29) is 6.10 Å². The lowest BCUT2D eigenvalue weighted by Gasteiger charge is -2.25. The van der Waals surface area contributed by atoms with Gasteiger partial charge < -0.3 is 14.2 Å². The molecule has 7 heteroatoms. The van der Waals surface area contributed by atoms with Gasteiger partial charge in [-0.2, -0.15) is 10.2 Å². The molecule has 7 nitrogen and oxygen atoms in total. The standard InChI is InChI=1S/C19H24N4O3/c1-3-7-24-17-11-23-19(26-13-17)16(9-21-23)6-4-5-15-10-22-18(25-12-15)14(2)8-20-22/h1,8-9,15,17H,4-7,10-13H2,2H3/t15-,17-/m1/s1. The van der Waals surface area contributed by atoms with Crippen LogP contribution in [0, 0.1) is 25.2 Å². The number of aryl methyl sites for hydroxylation is 2. The number of aromatic nitrogens is 4. The predicted molar refractivity (Wildman–Crippen MR) is 95.2 cm³/mol. The fraction of sp³-hybridized carbons (Fsp3) is 0.579. The first-order valence-electron chi connectivity index (χ1n) is 9.12. The Labute approximate surface area is 153 Å². The van der Waals surface area contributed by atoms with Gasteiger partial charge in [0.05, 0.1) is 32.1 Å². The van der Waals surface area contributed by atoms with E-state index in [1.54, 1.807) is 0 Å². The molecule has 0 aliphatic carbocycles. The summed E-state index contributed by atoms with van der Waals surface area (Å²) in [7, 11) is 0. The van der Waals surface area contributed by atoms with Crippen molar-refractivity contribution in [3.05, 3.63) is 23.5 Å². The Bertz CT molecular complexity index is 804. The summed E-state index contributed by atoms with van der Waals surface area (Å²) in [5, 5.41) is 8.82. The average Bonchev–Trinajstić information content (AvgIpc) is 3.23. The predicted octanol–water partition coefficient (Wildman–Crippen LogP) is 1.83. The number of hydrogen-bond acceptors (Lipinski definition) is 5. The molecule has 26 heavy (non-hydrogen) atoms. The van der Waals surface area contributed by atoms with Crippen LogP contribution in [0.4, 0.5) is 0 Å². The normalized spacial score (nSPS) is 21.2. The van der Waals surface area contributed by atoms with Crippen molar-refractivity contribution >= 4 is 0 Å². The summed E-state index contributed by atoms with van der Waals surface area (Å²) in [5.41, 5.74) is 2.27. The van der Waals surface area contributed by atoms with Crippen LogP contribution in [0.3, 0.4) is 0 Å². The SMILES string of the molecule is C#CCO[C@H]1COc2c(CCC[C@H]3COc4c(C)cnn4C3)cnn2C1. The summed E-state index contributed by atoms with van der Waals surface area (Å²) in [6.45, 7) is 5.25. The van der Waals surface area contributed by atoms with Crippen LogP contribution in [-0.2, 0) is 24.2 Å². The van der Waals surface area contributed by atoms with Crippen molar-refractivity contribution in [3.8, 4) is 24.1 Å². The minimum absolute atomic E-state index is 0.0302. The largest absolute Gasteiger partial charge is 0.477 e. The average molecular weight is 356 g/mol. The molecular formula is C19H24N4O3. The Balaban J connectivity index is 1.28. The van der Waals surface area contributed by atoms with Crippen LogP contribution >= 0.6 is 0 Å². The zero-order valence-electron chi connectivity index (χ0n) is 15.1. The molecule has 0 fully saturated rings. The van der Waals surface area contributed by atoms with Gasteiger partial charge in [0.25, 0.3) is 0 Å². The van der Waals surface area contributed by atoms with Crippen molar-refractivity contribution in [1.82, 2.24) is 19.6 Å². The summed E-state index contributed by atoms with van der Waals surface area (Å²) >= 11 is 0. The van der Waals surface area contributed by atoms with E-state index in [0.717, 1.165) is 55.3 Å². The molecule has 0 aromatic carbocycles. The first-order chi connectivity index (χ1) is 12.7. The fourth-order valence-electron chi connectivity index (χ4n) is 3.60. The molecule has 138 valence electrons. The Morgan fingerprint density at radius 2 is 2.00 bits per heavy atom. The van der Waals surface area contributed by atoms with Crippen LogP contribution in [0.5, 0.6) is 11.8 Å². The second-order valence-corrected chi connectivity index (χ2v) is 6.99. The smallest absolute Gasteiger partial charge is 0.215 e. The van der Waals surface area contributed by atoms with E-state index in [2.05, 4.69) is 16.1 Å². The molecule has 2 aliphatic rings. The summed E-state index contributed by atoms with van der Waals surface area (Å²) in [4.78, 5) is 0. The van der Waals surface area contributed by atoms with Crippen LogP contribution in [-0.4, -0.2) is 45.5 Å². The third-order valence-corrected chi connectivity index (χ3v) is 4.95. The number of nitrogens with zero attached hydrogens (tertiary/aromatic N) is 4. The lowest BCUT2D eigenvalue weighted by Crippen LogP contribution is -2.33. The van der Waals surface area contributed by atoms with Crippen LogP contribution in [0.15, 0.2) is 12.4 Å². The van der Waals surface area contributed by atoms with Gasteiger partial charge in [-0.15, -0.1) is 6.42 Å². The zero-order chi connectivity index (χ0) is 17.9. The minimum Gasteiger partial charge on any atom is -0.477 e. The molecule has 0 amide bonds. The molecule has 0 N–H and O–H groups in total. The maximum Gasteiger partial charge on any atom is 0.215 e. The fourth-order valence-corrected chi connectivity index (χ4v) is 3.60. The van der Waals surface area contributed by atoms with Gasteiger partial charge in [0.1, 0.15) is 19.3 Å². The monoisotopic (exact) mass is 356 g/mol. The molecule has 2 aliphatic heterocycles. The third-order valence-electron chi connectivity index (χ3n) is 4.95. The third kappa shape index (κ3) is 3.42. The van der Waals surface area contributed by atoms with E-state index >= 15 is 0 Å². The van der Waals surface area contributed by atoms with E-state index in [9.17, 15) is 0 Å². The van der Waals surface area contributed by atoms with Gasteiger partial charge in [-0.05, 0) is 26.2 Å². The minimum atomic E-state index is -0.0302. The van der Waals surface area contributed by atoms with Crippen molar-refractivity contribution in [2.75, 3.05) is 19.8 Å². The van der Waals surface area contributed by atoms with Gasteiger partial charge in [-0.1, -0.05) is 5.92 Å². The van der Waals surface area contributed by atoms with E-state index in [0.29, 0.717) is 25.7 Å². The molecule has 0 bridgehead atoms. The Morgan fingerprint density at radius 3 is 2.88 bits per heavy atom. The van der Waals surface area contributed by atoms with Crippen LogP contribution in [0.2, 0.25) is 0 Å². The molecule has 0 unspecified atom stereocenters. The highest BCUT2D eigenvalue weighted by atomic mass is 16.5. The quantitative estimate of drug-likeness (QED) is 0.739. The summed E-state index contributed by atoms with van der Waals surface area (Å²) in [6.07, 6.45) is 12.1. The molecule has 0 radical (unpaired) electrons. The second kappa shape index (κ2) is 7.42. The molecule has 0 spiro atoms. The van der Waals surface area contributed by atoms with E-state index in [1.165, 1.54) is 0 Å². The van der Waals surface area contributed by atoms with Crippen molar-refractivity contribution in [2.45, 2.75) is 45.4 Å². The Morgan fingerprint density at radius 1 is 1.19 bits per heavy atom. The number of hydrogen-bond donors (Lipinski definition) is 0. The Kier molecular flexibility index (Phi) is 4.85. The second-order valence-electron chi connectivity index (χ2n) is 6.99. The molecule has 2 aromatic heterocycles. The van der Waals surface area contributed by atoms with Crippen molar-refractivity contribution in [1.29, 1.82) is 0 Å². The van der Waals surface area contributed by atoms with E-state index in [1.807, 2.05) is 28.7 Å². The zero-order valence-corrected chi connectivity index (χ0v) is 15.1. The molecule has 4 heterocycles. The molecule has 0 saturated heterocycles. The van der Waals surface area contributed by atoms with Gasteiger partial charge in [-0.3, -0.25) is 0 Å². The van der Waals surface area contributed by atoms with Crippen molar-refractivity contribution in [2.24, 2.45) is 5.92 Å². The van der Waals surface area contributed by atoms with Crippen LogP contribution in [0.1, 0.15) is 24.0 Å². The highest BCUT2D eigenvalue weighted by Gasteiger charge is 2.25. The first-order valence-corrected chi connectivity index (χ1v) is 9.12. The molecule has 0 saturated carbocycles. The topological polar surface area (TPSA) is 63.3 Å². The van der Waals surface area contributed by atoms with Gasteiger partial charge in [-0.25, -0.2) is 9.36 Å². The molecule has 4 rings (SSSR count). The number of ether oxygens (including phenoxy) is 3. The lowest BCUT2D eigenvalue weighted by molar-refractivity contribution is 0.00246. The van der Waals surface area contributed by atoms with Crippen LogP contribution in [0.25, 0.3) is 0 Å². The number of terminal acetylenes is 1. The summed E-state index contributed by atoms with van der Waals surface area (Å²) < 4.78 is 21.1. The highest BCUT2D eigenvalue weighted by Crippen LogP contribution is 2.28. The van der Waals surface area contributed by atoms with Crippen molar-refractivity contribution < 1.29 is 14.2 Å². The molecule has 2 aromatic rings. The van der Waals surface area contributed by atoms with Crippen molar-refractivity contribution in [3.63, 3.8) is 0 Å². The number of rotatable bonds is 6. The van der Waals surface area contributed by atoms with Gasteiger partial charge in [0.2, 0.25) is 11.8 Å². The molecular weight excluding hydrogens is 332 g/mol. The van der Waals surface area contributed by atoms with E-state index < -0.39 is 0 Å². The summed E-state index contributed by atoms with van der Waals surface area (Å²) in [5.74, 6) is 4.77.